The highest BCUT2D eigenvalue weighted by atomic mass is 16.5. The Labute approximate surface area is 136 Å². The van der Waals surface area contributed by atoms with Crippen molar-refractivity contribution < 1.29 is 19.4 Å². The minimum absolute atomic E-state index is 0.0340. The zero-order valence-corrected chi connectivity index (χ0v) is 13.5. The quantitative estimate of drug-likeness (QED) is 0.777. The van der Waals surface area contributed by atoms with Crippen LogP contribution in [0.5, 0.6) is 0 Å². The number of rotatable bonds is 5. The van der Waals surface area contributed by atoms with E-state index in [1.54, 1.807) is 7.11 Å². The zero-order chi connectivity index (χ0) is 16.8. The molecule has 23 heavy (non-hydrogen) atoms. The first-order valence-corrected chi connectivity index (χ1v) is 7.92. The smallest absolute Gasteiger partial charge is 0.319 e. The predicted molar refractivity (Wildman–Crippen MR) is 87.4 cm³/mol. The van der Waals surface area contributed by atoms with Crippen molar-refractivity contribution in [3.63, 3.8) is 0 Å². The fraction of sp³-hybridized carbons (Fsp3) is 0.529. The van der Waals surface area contributed by atoms with E-state index in [0.29, 0.717) is 31.4 Å². The van der Waals surface area contributed by atoms with Gasteiger partial charge in [-0.1, -0.05) is 12.1 Å². The Morgan fingerprint density at radius 3 is 2.57 bits per heavy atom. The van der Waals surface area contributed by atoms with Gasteiger partial charge in [-0.3, -0.25) is 4.79 Å². The Bertz CT molecular complexity index is 553. The molecule has 1 aromatic rings. The van der Waals surface area contributed by atoms with E-state index >= 15 is 0 Å². The molecule has 1 fully saturated rings. The molecule has 0 spiro atoms. The van der Waals surface area contributed by atoms with Crippen molar-refractivity contribution in [2.24, 2.45) is 5.92 Å². The molecule has 1 atom stereocenters. The summed E-state index contributed by atoms with van der Waals surface area (Å²) in [4.78, 5) is 23.0. The van der Waals surface area contributed by atoms with E-state index in [2.05, 4.69) is 10.6 Å². The van der Waals surface area contributed by atoms with Gasteiger partial charge >= 0.3 is 12.0 Å². The lowest BCUT2D eigenvalue weighted by molar-refractivity contribution is -0.142. The zero-order valence-electron chi connectivity index (χ0n) is 13.5. The van der Waals surface area contributed by atoms with E-state index in [0.717, 1.165) is 5.56 Å². The second-order valence-electron chi connectivity index (χ2n) is 5.99. The van der Waals surface area contributed by atoms with Crippen LogP contribution in [0.2, 0.25) is 0 Å². The van der Waals surface area contributed by atoms with Crippen LogP contribution in [0.4, 0.5) is 10.5 Å². The van der Waals surface area contributed by atoms with Crippen molar-refractivity contribution in [2.75, 3.05) is 12.4 Å². The second-order valence-corrected chi connectivity index (χ2v) is 5.99. The number of methoxy groups -OCH3 is 1. The summed E-state index contributed by atoms with van der Waals surface area (Å²) in [6.45, 7) is 1.94. The van der Waals surface area contributed by atoms with Gasteiger partial charge in [0, 0.05) is 18.8 Å². The van der Waals surface area contributed by atoms with Crippen LogP contribution in [-0.4, -0.2) is 30.3 Å². The number of carboxylic acid groups (broad SMARTS) is 1. The molecule has 1 aliphatic rings. The Morgan fingerprint density at radius 2 is 1.96 bits per heavy atom. The molecule has 2 rings (SSSR count). The summed E-state index contributed by atoms with van der Waals surface area (Å²) in [6.07, 6.45) is 2.59. The number of carbonyl (C=O) groups is 2. The molecule has 6 nitrogen and oxygen atoms in total. The first-order chi connectivity index (χ1) is 11.0. The van der Waals surface area contributed by atoms with Gasteiger partial charge < -0.3 is 20.5 Å². The molecule has 6 heteroatoms. The maximum Gasteiger partial charge on any atom is 0.319 e. The number of carbonyl (C=O) groups excluding carboxylic acids is 1. The number of benzene rings is 1. The van der Waals surface area contributed by atoms with Gasteiger partial charge in [-0.25, -0.2) is 4.79 Å². The fourth-order valence-electron chi connectivity index (χ4n) is 2.84. The van der Waals surface area contributed by atoms with E-state index in [-0.39, 0.29) is 24.1 Å². The number of aliphatic carboxylic acids is 1. The third-order valence-electron chi connectivity index (χ3n) is 4.38. The van der Waals surface area contributed by atoms with Crippen molar-refractivity contribution in [1.29, 1.82) is 0 Å². The monoisotopic (exact) mass is 320 g/mol. The summed E-state index contributed by atoms with van der Waals surface area (Å²) in [5, 5.41) is 14.7. The largest absolute Gasteiger partial charge is 0.481 e. The molecule has 0 aliphatic heterocycles. The van der Waals surface area contributed by atoms with Crippen LogP contribution in [0.1, 0.15) is 44.3 Å². The maximum atomic E-state index is 12.1. The van der Waals surface area contributed by atoms with Crippen LogP contribution < -0.4 is 10.6 Å². The van der Waals surface area contributed by atoms with E-state index < -0.39 is 5.97 Å². The number of ether oxygens (including phenoxy) is 1. The Hall–Kier alpha value is -2.08. The average Bonchev–Trinajstić information content (AvgIpc) is 2.54. The van der Waals surface area contributed by atoms with Crippen molar-refractivity contribution >= 4 is 17.7 Å². The van der Waals surface area contributed by atoms with Crippen molar-refractivity contribution in [3.05, 3.63) is 29.8 Å². The molecule has 0 heterocycles. The number of urea groups is 1. The van der Waals surface area contributed by atoms with Crippen LogP contribution in [0.3, 0.4) is 0 Å². The molecule has 3 N–H and O–H groups in total. The number of hydrogen-bond donors (Lipinski definition) is 3. The second kappa shape index (κ2) is 7.97. The number of hydrogen-bond acceptors (Lipinski definition) is 3. The van der Waals surface area contributed by atoms with E-state index in [4.69, 9.17) is 9.84 Å². The van der Waals surface area contributed by atoms with Crippen molar-refractivity contribution in [2.45, 2.75) is 44.8 Å². The van der Waals surface area contributed by atoms with Crippen LogP contribution in [0.15, 0.2) is 24.3 Å². The fourth-order valence-corrected chi connectivity index (χ4v) is 2.84. The van der Waals surface area contributed by atoms with Crippen molar-refractivity contribution in [3.8, 4) is 0 Å². The molecule has 1 aliphatic carbocycles. The summed E-state index contributed by atoms with van der Waals surface area (Å²) >= 11 is 0. The van der Waals surface area contributed by atoms with Crippen LogP contribution in [0, 0.1) is 5.92 Å². The van der Waals surface area contributed by atoms with Crippen LogP contribution >= 0.6 is 0 Å². The highest BCUT2D eigenvalue weighted by Crippen LogP contribution is 2.24. The Balaban J connectivity index is 1.85. The average molecular weight is 320 g/mol. The maximum absolute atomic E-state index is 12.1. The minimum atomic E-state index is -0.739. The number of amides is 2. The molecule has 1 saturated carbocycles. The molecule has 0 bridgehead atoms. The van der Waals surface area contributed by atoms with E-state index in [9.17, 15) is 9.59 Å². The molecular formula is C17H24N2O4. The van der Waals surface area contributed by atoms with Gasteiger partial charge in [0.25, 0.3) is 0 Å². The number of anilines is 1. The first-order valence-electron chi connectivity index (χ1n) is 7.92. The van der Waals surface area contributed by atoms with Crippen LogP contribution in [0.25, 0.3) is 0 Å². The summed E-state index contributed by atoms with van der Waals surface area (Å²) in [7, 11) is 1.64. The molecule has 0 aromatic heterocycles. The molecule has 2 amide bonds. The molecule has 126 valence electrons. The van der Waals surface area contributed by atoms with Gasteiger partial charge in [0.2, 0.25) is 0 Å². The molecule has 1 aromatic carbocycles. The van der Waals surface area contributed by atoms with Gasteiger partial charge in [-0.15, -0.1) is 0 Å². The lowest BCUT2D eigenvalue weighted by Gasteiger charge is -2.26. The van der Waals surface area contributed by atoms with E-state index in [1.165, 1.54) is 0 Å². The normalized spacial score (nSPS) is 22.2. The molecule has 1 unspecified atom stereocenters. The Kier molecular flexibility index (Phi) is 5.98. The summed E-state index contributed by atoms with van der Waals surface area (Å²) < 4.78 is 5.27. The predicted octanol–water partition coefficient (Wildman–Crippen LogP) is 3.16. The highest BCUT2D eigenvalue weighted by Gasteiger charge is 2.26. The molecule has 0 saturated heterocycles. The topological polar surface area (TPSA) is 87.7 Å². The summed E-state index contributed by atoms with van der Waals surface area (Å²) in [6, 6.07) is 7.31. The third-order valence-corrected chi connectivity index (χ3v) is 4.38. The third kappa shape index (κ3) is 4.96. The first kappa shape index (κ1) is 17.3. The van der Waals surface area contributed by atoms with Gasteiger partial charge in [0.1, 0.15) is 0 Å². The van der Waals surface area contributed by atoms with E-state index in [1.807, 2.05) is 31.2 Å². The van der Waals surface area contributed by atoms with Gasteiger partial charge in [0.15, 0.2) is 0 Å². The van der Waals surface area contributed by atoms with Gasteiger partial charge in [-0.05, 0) is 50.3 Å². The SMILES string of the molecule is COC(C)c1cccc(NC(=O)NC2CCC(C(=O)O)CC2)c1. The van der Waals surface area contributed by atoms with Crippen LogP contribution in [-0.2, 0) is 9.53 Å². The summed E-state index contributed by atoms with van der Waals surface area (Å²) in [5.74, 6) is -1.01. The lowest BCUT2D eigenvalue weighted by atomic mass is 9.86. The molecular weight excluding hydrogens is 296 g/mol. The lowest BCUT2D eigenvalue weighted by Crippen LogP contribution is -2.41. The summed E-state index contributed by atoms with van der Waals surface area (Å²) in [5.41, 5.74) is 1.70. The number of carboxylic acids is 1. The van der Waals surface area contributed by atoms with Gasteiger partial charge in [0.05, 0.1) is 12.0 Å². The van der Waals surface area contributed by atoms with Gasteiger partial charge in [-0.2, -0.15) is 0 Å². The molecule has 0 radical (unpaired) electrons. The highest BCUT2D eigenvalue weighted by molar-refractivity contribution is 5.89. The standard InChI is InChI=1S/C17H24N2O4/c1-11(23-2)13-4-3-5-15(10-13)19-17(22)18-14-8-6-12(7-9-14)16(20)21/h3-5,10-12,14H,6-9H2,1-2H3,(H,20,21)(H2,18,19,22). The van der Waals surface area contributed by atoms with Crippen molar-refractivity contribution in [1.82, 2.24) is 5.32 Å². The minimum Gasteiger partial charge on any atom is -0.481 e. The Morgan fingerprint density at radius 1 is 1.26 bits per heavy atom. The number of nitrogens with one attached hydrogen (secondary N) is 2.